The summed E-state index contributed by atoms with van der Waals surface area (Å²) in [4.78, 5) is 15.0. The van der Waals surface area contributed by atoms with Crippen LogP contribution in [0.5, 0.6) is 17.2 Å². The molecule has 1 aromatic heterocycles. The minimum Gasteiger partial charge on any atom is -0.493 e. The second kappa shape index (κ2) is 9.03. The molecule has 1 aromatic carbocycles. The van der Waals surface area contributed by atoms with E-state index in [2.05, 4.69) is 0 Å². The summed E-state index contributed by atoms with van der Waals surface area (Å²) in [5, 5.41) is 9.81. The van der Waals surface area contributed by atoms with Gasteiger partial charge < -0.3 is 19.3 Å². The summed E-state index contributed by atoms with van der Waals surface area (Å²) in [6.45, 7) is 0.688. The van der Waals surface area contributed by atoms with Crippen molar-refractivity contribution in [2.45, 2.75) is 31.3 Å². The number of ether oxygens (including phenoxy) is 3. The van der Waals surface area contributed by atoms with Crippen molar-refractivity contribution in [3.05, 3.63) is 39.0 Å². The van der Waals surface area contributed by atoms with Crippen molar-refractivity contribution in [1.29, 1.82) is 0 Å². The SMILES string of the molecule is COc1cc(C(c2ccc(Cl)s2)N2CCCCC2C(=O)O)cc(OC)c1OC. The summed E-state index contributed by atoms with van der Waals surface area (Å²) in [6.07, 6.45) is 2.47. The molecule has 0 bridgehead atoms. The van der Waals surface area contributed by atoms with E-state index in [1.807, 2.05) is 29.2 Å². The number of hydrogen-bond acceptors (Lipinski definition) is 6. The van der Waals surface area contributed by atoms with Crippen LogP contribution in [0.15, 0.2) is 24.3 Å². The number of methoxy groups -OCH3 is 3. The first-order chi connectivity index (χ1) is 13.5. The average molecular weight is 426 g/mol. The summed E-state index contributed by atoms with van der Waals surface area (Å²) in [5.74, 6) is 0.770. The minimum absolute atomic E-state index is 0.271. The third-order valence-electron chi connectivity index (χ3n) is 5.03. The Kier molecular flexibility index (Phi) is 6.69. The van der Waals surface area contributed by atoms with Gasteiger partial charge in [-0.1, -0.05) is 18.0 Å². The Bertz CT molecular complexity index is 815. The van der Waals surface area contributed by atoms with E-state index >= 15 is 0 Å². The van der Waals surface area contributed by atoms with Crippen LogP contribution < -0.4 is 14.2 Å². The summed E-state index contributed by atoms with van der Waals surface area (Å²) >= 11 is 7.66. The van der Waals surface area contributed by atoms with Gasteiger partial charge in [-0.2, -0.15) is 0 Å². The highest BCUT2D eigenvalue weighted by atomic mass is 35.5. The molecule has 8 heteroatoms. The largest absolute Gasteiger partial charge is 0.493 e. The zero-order chi connectivity index (χ0) is 20.3. The van der Waals surface area contributed by atoms with Crippen LogP contribution in [0.2, 0.25) is 4.34 Å². The number of nitrogens with zero attached hydrogens (tertiary/aromatic N) is 1. The first-order valence-corrected chi connectivity index (χ1v) is 10.2. The number of halogens is 1. The fraction of sp³-hybridized carbons (Fsp3) is 0.450. The highest BCUT2D eigenvalue weighted by molar-refractivity contribution is 7.16. The van der Waals surface area contributed by atoms with Gasteiger partial charge >= 0.3 is 5.97 Å². The summed E-state index contributed by atoms with van der Waals surface area (Å²) < 4.78 is 17.1. The van der Waals surface area contributed by atoms with Crippen LogP contribution in [-0.4, -0.2) is 49.9 Å². The molecule has 0 spiro atoms. The molecule has 0 radical (unpaired) electrons. The van der Waals surface area contributed by atoms with Crippen LogP contribution in [0.4, 0.5) is 0 Å². The van der Waals surface area contributed by atoms with Gasteiger partial charge in [0.05, 0.1) is 31.7 Å². The van der Waals surface area contributed by atoms with Crippen LogP contribution in [0, 0.1) is 0 Å². The fourth-order valence-electron chi connectivity index (χ4n) is 3.78. The molecule has 0 aliphatic carbocycles. The average Bonchev–Trinajstić information content (AvgIpc) is 3.13. The number of carboxylic acid groups (broad SMARTS) is 1. The molecule has 3 rings (SSSR count). The van der Waals surface area contributed by atoms with E-state index in [1.54, 1.807) is 21.3 Å². The van der Waals surface area contributed by atoms with Crippen LogP contribution in [0.1, 0.15) is 35.7 Å². The quantitative estimate of drug-likeness (QED) is 0.706. The van der Waals surface area contributed by atoms with Crippen LogP contribution in [0.25, 0.3) is 0 Å². The molecule has 1 aliphatic rings. The molecule has 0 amide bonds. The predicted molar refractivity (Wildman–Crippen MR) is 109 cm³/mol. The number of piperidine rings is 1. The minimum atomic E-state index is -0.806. The molecule has 2 unspecified atom stereocenters. The summed E-state index contributed by atoms with van der Waals surface area (Å²) in [7, 11) is 4.69. The third-order valence-corrected chi connectivity index (χ3v) is 6.31. The van der Waals surface area contributed by atoms with E-state index in [0.29, 0.717) is 34.6 Å². The van der Waals surface area contributed by atoms with Gasteiger partial charge in [-0.05, 0) is 49.2 Å². The second-order valence-corrected chi connectivity index (χ2v) is 8.34. The number of carbonyl (C=O) groups is 1. The van der Waals surface area contributed by atoms with E-state index in [9.17, 15) is 9.90 Å². The lowest BCUT2D eigenvalue weighted by Gasteiger charge is -2.39. The Balaban J connectivity index is 2.16. The van der Waals surface area contributed by atoms with Gasteiger partial charge in [0, 0.05) is 4.88 Å². The van der Waals surface area contributed by atoms with Crippen molar-refractivity contribution in [2.24, 2.45) is 0 Å². The van der Waals surface area contributed by atoms with Gasteiger partial charge in [0.15, 0.2) is 11.5 Å². The van der Waals surface area contributed by atoms with Gasteiger partial charge in [-0.15, -0.1) is 11.3 Å². The number of aliphatic carboxylic acids is 1. The normalized spacial score (nSPS) is 18.5. The Morgan fingerprint density at radius 2 is 1.86 bits per heavy atom. The number of thiophene rings is 1. The fourth-order valence-corrected chi connectivity index (χ4v) is 4.99. The molecule has 1 saturated heterocycles. The number of rotatable bonds is 7. The molecule has 6 nitrogen and oxygen atoms in total. The smallest absolute Gasteiger partial charge is 0.320 e. The molecule has 28 heavy (non-hydrogen) atoms. The molecule has 2 aromatic rings. The first-order valence-electron chi connectivity index (χ1n) is 9.03. The van der Waals surface area contributed by atoms with Gasteiger partial charge in [0.1, 0.15) is 6.04 Å². The summed E-state index contributed by atoms with van der Waals surface area (Å²) in [5.41, 5.74) is 0.876. The zero-order valence-electron chi connectivity index (χ0n) is 16.1. The maximum absolute atomic E-state index is 12.0. The van der Waals surface area contributed by atoms with Gasteiger partial charge in [0.25, 0.3) is 0 Å². The van der Waals surface area contributed by atoms with E-state index < -0.39 is 12.0 Å². The van der Waals surface area contributed by atoms with Crippen molar-refractivity contribution in [3.8, 4) is 17.2 Å². The van der Waals surface area contributed by atoms with Gasteiger partial charge in [-0.3, -0.25) is 9.69 Å². The van der Waals surface area contributed by atoms with Crippen LogP contribution >= 0.6 is 22.9 Å². The Morgan fingerprint density at radius 3 is 2.36 bits per heavy atom. The maximum atomic E-state index is 12.0. The topological polar surface area (TPSA) is 68.2 Å². The highest BCUT2D eigenvalue weighted by Gasteiger charge is 2.36. The highest BCUT2D eigenvalue weighted by Crippen LogP contribution is 2.45. The molecule has 0 saturated carbocycles. The molecule has 2 atom stereocenters. The number of hydrogen-bond donors (Lipinski definition) is 1. The van der Waals surface area contributed by atoms with Gasteiger partial charge in [-0.25, -0.2) is 0 Å². The molecule has 1 N–H and O–H groups in total. The van der Waals surface area contributed by atoms with Crippen molar-refractivity contribution >= 4 is 28.9 Å². The maximum Gasteiger partial charge on any atom is 0.320 e. The van der Waals surface area contributed by atoms with Crippen LogP contribution in [-0.2, 0) is 4.79 Å². The van der Waals surface area contributed by atoms with Gasteiger partial charge in [0.2, 0.25) is 5.75 Å². The molecule has 1 fully saturated rings. The third kappa shape index (κ3) is 4.06. The van der Waals surface area contributed by atoms with E-state index in [-0.39, 0.29) is 6.04 Å². The number of likely N-dealkylation sites (tertiary alicyclic amines) is 1. The molecule has 1 aliphatic heterocycles. The molecular weight excluding hydrogens is 402 g/mol. The van der Waals surface area contributed by atoms with E-state index in [0.717, 1.165) is 23.3 Å². The van der Waals surface area contributed by atoms with Crippen LogP contribution in [0.3, 0.4) is 0 Å². The Morgan fingerprint density at radius 1 is 1.18 bits per heavy atom. The lowest BCUT2D eigenvalue weighted by Crippen LogP contribution is -2.46. The first kappa shape index (κ1) is 20.8. The molecule has 2 heterocycles. The predicted octanol–water partition coefficient (Wildman–Crippen LogP) is 4.46. The molecule has 152 valence electrons. The lowest BCUT2D eigenvalue weighted by atomic mass is 9.95. The number of carboxylic acids is 1. The van der Waals surface area contributed by atoms with Crippen molar-refractivity contribution in [2.75, 3.05) is 27.9 Å². The van der Waals surface area contributed by atoms with Crippen molar-refractivity contribution in [1.82, 2.24) is 4.90 Å². The lowest BCUT2D eigenvalue weighted by molar-refractivity contribution is -0.145. The Hall–Kier alpha value is -1.96. The van der Waals surface area contributed by atoms with E-state index in [4.69, 9.17) is 25.8 Å². The Labute approximate surface area is 173 Å². The van der Waals surface area contributed by atoms with Crippen molar-refractivity contribution < 1.29 is 24.1 Å². The summed E-state index contributed by atoms with van der Waals surface area (Å²) in [6, 6.07) is 6.73. The molecular formula is C20H24ClNO5S. The van der Waals surface area contributed by atoms with Crippen molar-refractivity contribution in [3.63, 3.8) is 0 Å². The van der Waals surface area contributed by atoms with E-state index in [1.165, 1.54) is 11.3 Å². The second-order valence-electron chi connectivity index (χ2n) is 6.59. The zero-order valence-corrected chi connectivity index (χ0v) is 17.7. The number of benzene rings is 1. The standard InChI is InChI=1S/C20H24ClNO5S/c1-25-14-10-12(11-15(26-2)19(14)27-3)18(16-7-8-17(21)28-16)22-9-5-4-6-13(22)20(23)24/h7-8,10-11,13,18H,4-6,9H2,1-3H3,(H,23,24). The monoisotopic (exact) mass is 425 g/mol.